The summed E-state index contributed by atoms with van der Waals surface area (Å²) in [7, 11) is 0. The summed E-state index contributed by atoms with van der Waals surface area (Å²) >= 11 is 0. The molecule has 0 saturated carbocycles. The fourth-order valence-corrected chi connectivity index (χ4v) is 3.35. The number of carbonyl (C=O) groups is 1. The number of nitrogens with zero attached hydrogens (tertiary/aromatic N) is 2. The van der Waals surface area contributed by atoms with Crippen LogP contribution in [0.2, 0.25) is 0 Å². The average Bonchev–Trinajstić information content (AvgIpc) is 2.69. The molecule has 31 heavy (non-hydrogen) atoms. The Hall–Kier alpha value is -3.42. The van der Waals surface area contributed by atoms with Crippen molar-refractivity contribution < 1.29 is 18.0 Å². The minimum atomic E-state index is -4.52. The minimum absolute atomic E-state index is 0.101. The van der Waals surface area contributed by atoms with E-state index in [0.29, 0.717) is 5.69 Å². The molecule has 3 rings (SSSR count). The van der Waals surface area contributed by atoms with E-state index >= 15 is 0 Å². The number of amides is 1. The van der Waals surface area contributed by atoms with Gasteiger partial charge in [0.25, 0.3) is 5.91 Å². The zero-order valence-corrected chi connectivity index (χ0v) is 17.5. The van der Waals surface area contributed by atoms with E-state index in [1.807, 2.05) is 32.0 Å². The molecule has 0 fully saturated rings. The highest BCUT2D eigenvalue weighted by Gasteiger charge is 2.30. The van der Waals surface area contributed by atoms with Gasteiger partial charge >= 0.3 is 6.18 Å². The number of hydrogen-bond acceptors (Lipinski definition) is 3. The van der Waals surface area contributed by atoms with Crippen molar-refractivity contribution in [2.45, 2.75) is 39.9 Å². The number of rotatable bonds is 4. The molecule has 1 atom stereocenters. The number of benzene rings is 2. The first kappa shape index (κ1) is 22.3. The summed E-state index contributed by atoms with van der Waals surface area (Å²) < 4.78 is 40.4. The second-order valence-electron chi connectivity index (χ2n) is 7.51. The van der Waals surface area contributed by atoms with E-state index in [0.717, 1.165) is 33.5 Å². The molecule has 1 aromatic heterocycles. The maximum Gasteiger partial charge on any atom is 0.416 e. The molecule has 162 valence electrons. The van der Waals surface area contributed by atoms with Gasteiger partial charge in [0.05, 0.1) is 17.3 Å². The van der Waals surface area contributed by atoms with Crippen LogP contribution in [0.15, 0.2) is 53.3 Å². The Labute approximate surface area is 177 Å². The van der Waals surface area contributed by atoms with Crippen molar-refractivity contribution in [2.24, 2.45) is 0 Å². The van der Waals surface area contributed by atoms with Crippen molar-refractivity contribution in [1.29, 1.82) is 0 Å². The molecule has 2 aromatic carbocycles. The molecule has 0 radical (unpaired) electrons. The topological polar surface area (TPSA) is 64.0 Å². The van der Waals surface area contributed by atoms with Gasteiger partial charge in [-0.1, -0.05) is 29.8 Å². The number of hydrogen-bond donors (Lipinski definition) is 1. The number of aryl methyl sites for hydroxylation is 3. The normalized spacial score (nSPS) is 12.5. The zero-order valence-electron chi connectivity index (χ0n) is 17.5. The van der Waals surface area contributed by atoms with E-state index in [-0.39, 0.29) is 11.4 Å². The molecule has 1 unspecified atom stereocenters. The van der Waals surface area contributed by atoms with Crippen LogP contribution >= 0.6 is 0 Å². The van der Waals surface area contributed by atoms with Crippen LogP contribution in [0.1, 0.15) is 51.4 Å². The minimum Gasteiger partial charge on any atom is -0.344 e. The van der Waals surface area contributed by atoms with Gasteiger partial charge < -0.3 is 5.32 Å². The van der Waals surface area contributed by atoms with E-state index < -0.39 is 29.1 Å². The molecule has 0 aliphatic rings. The lowest BCUT2D eigenvalue weighted by Gasteiger charge is -2.18. The first-order valence-corrected chi connectivity index (χ1v) is 9.64. The second-order valence-corrected chi connectivity index (χ2v) is 7.51. The lowest BCUT2D eigenvalue weighted by atomic mass is 10.00. The first-order valence-electron chi connectivity index (χ1n) is 9.64. The van der Waals surface area contributed by atoms with Crippen LogP contribution in [0, 0.1) is 20.8 Å². The molecule has 3 aromatic rings. The molecule has 0 spiro atoms. The Balaban J connectivity index is 1.97. The molecule has 1 amide bonds. The van der Waals surface area contributed by atoms with E-state index in [1.54, 1.807) is 6.92 Å². The van der Waals surface area contributed by atoms with Crippen LogP contribution < -0.4 is 10.7 Å². The van der Waals surface area contributed by atoms with Crippen LogP contribution in [0.25, 0.3) is 5.69 Å². The third kappa shape index (κ3) is 4.84. The van der Waals surface area contributed by atoms with E-state index in [2.05, 4.69) is 10.4 Å². The number of carbonyl (C=O) groups excluding carboxylic acids is 1. The Morgan fingerprint density at radius 2 is 1.77 bits per heavy atom. The van der Waals surface area contributed by atoms with Crippen molar-refractivity contribution in [2.75, 3.05) is 0 Å². The molecule has 8 heteroatoms. The standard InChI is InChI=1S/C23H22F3N3O2/c1-13-8-9-14(2)19(10-13)16(4)27-22(31)21-20(30)11-15(3)29(28-21)18-7-5-6-17(12-18)23(24,25)26/h5-12,16H,1-4H3,(H,27,31). The van der Waals surface area contributed by atoms with Gasteiger partial charge in [-0.25, -0.2) is 4.68 Å². The fraction of sp³-hybridized carbons (Fsp3) is 0.261. The summed E-state index contributed by atoms with van der Waals surface area (Å²) in [6.07, 6.45) is -4.52. The first-order chi connectivity index (χ1) is 14.5. The summed E-state index contributed by atoms with van der Waals surface area (Å²) in [5.41, 5.74) is 1.48. The van der Waals surface area contributed by atoms with Crippen molar-refractivity contribution in [3.05, 3.63) is 92.4 Å². The lowest BCUT2D eigenvalue weighted by Crippen LogP contribution is -2.33. The number of aromatic nitrogens is 2. The van der Waals surface area contributed by atoms with Gasteiger partial charge in [0.15, 0.2) is 5.69 Å². The van der Waals surface area contributed by atoms with Gasteiger partial charge in [-0.3, -0.25) is 9.59 Å². The average molecular weight is 429 g/mol. The van der Waals surface area contributed by atoms with Crippen LogP contribution in [-0.2, 0) is 6.18 Å². The summed E-state index contributed by atoms with van der Waals surface area (Å²) in [5, 5.41) is 6.84. The van der Waals surface area contributed by atoms with Gasteiger partial charge in [-0.2, -0.15) is 18.3 Å². The highest BCUT2D eigenvalue weighted by molar-refractivity contribution is 5.92. The maximum absolute atomic E-state index is 13.1. The number of alkyl halides is 3. The largest absolute Gasteiger partial charge is 0.416 e. The highest BCUT2D eigenvalue weighted by atomic mass is 19.4. The Kier molecular flexibility index (Phi) is 6.01. The van der Waals surface area contributed by atoms with Crippen molar-refractivity contribution >= 4 is 5.91 Å². The predicted octanol–water partition coefficient (Wildman–Crippen LogP) is 4.67. The monoisotopic (exact) mass is 429 g/mol. The summed E-state index contributed by atoms with van der Waals surface area (Å²) in [6, 6.07) is 11.2. The fourth-order valence-electron chi connectivity index (χ4n) is 3.35. The smallest absolute Gasteiger partial charge is 0.344 e. The van der Waals surface area contributed by atoms with Gasteiger partial charge in [-0.05, 0) is 57.0 Å². The lowest BCUT2D eigenvalue weighted by molar-refractivity contribution is -0.137. The summed E-state index contributed by atoms with van der Waals surface area (Å²) in [4.78, 5) is 25.2. The van der Waals surface area contributed by atoms with Crippen molar-refractivity contribution in [1.82, 2.24) is 15.1 Å². The van der Waals surface area contributed by atoms with E-state index in [9.17, 15) is 22.8 Å². The molecule has 0 bridgehead atoms. The van der Waals surface area contributed by atoms with Crippen LogP contribution in [0.4, 0.5) is 13.2 Å². The number of halogens is 3. The molecule has 1 heterocycles. The summed E-state index contributed by atoms with van der Waals surface area (Å²) in [6.45, 7) is 7.18. The highest BCUT2D eigenvalue weighted by Crippen LogP contribution is 2.30. The van der Waals surface area contributed by atoms with Gasteiger partial charge in [0.2, 0.25) is 5.43 Å². The Bertz CT molecular complexity index is 1200. The van der Waals surface area contributed by atoms with Crippen LogP contribution in [0.3, 0.4) is 0 Å². The molecule has 1 N–H and O–H groups in total. The van der Waals surface area contributed by atoms with Crippen LogP contribution in [0.5, 0.6) is 0 Å². The third-order valence-electron chi connectivity index (χ3n) is 4.99. The van der Waals surface area contributed by atoms with Crippen molar-refractivity contribution in [3.63, 3.8) is 0 Å². The third-order valence-corrected chi connectivity index (χ3v) is 4.99. The zero-order chi connectivity index (χ0) is 22.9. The quantitative estimate of drug-likeness (QED) is 0.656. The van der Waals surface area contributed by atoms with Gasteiger partial charge in [0, 0.05) is 11.8 Å². The molecule has 5 nitrogen and oxygen atoms in total. The van der Waals surface area contributed by atoms with Gasteiger partial charge in [-0.15, -0.1) is 0 Å². The second kappa shape index (κ2) is 8.37. The van der Waals surface area contributed by atoms with Crippen molar-refractivity contribution in [3.8, 4) is 5.69 Å². The van der Waals surface area contributed by atoms with Gasteiger partial charge in [0.1, 0.15) is 0 Å². The molecular weight excluding hydrogens is 407 g/mol. The Morgan fingerprint density at radius 1 is 1.06 bits per heavy atom. The molecule has 0 aliphatic carbocycles. The van der Waals surface area contributed by atoms with Crippen LogP contribution in [-0.4, -0.2) is 15.7 Å². The Morgan fingerprint density at radius 3 is 2.45 bits per heavy atom. The molecular formula is C23H22F3N3O2. The van der Waals surface area contributed by atoms with E-state index in [1.165, 1.54) is 25.1 Å². The number of nitrogens with one attached hydrogen (secondary N) is 1. The van der Waals surface area contributed by atoms with E-state index in [4.69, 9.17) is 0 Å². The SMILES string of the molecule is Cc1ccc(C)c(C(C)NC(=O)c2nn(-c3cccc(C(F)(F)F)c3)c(C)cc2=O)c1. The molecule has 0 aliphatic heterocycles. The predicted molar refractivity (Wildman–Crippen MR) is 111 cm³/mol. The summed E-state index contributed by atoms with van der Waals surface area (Å²) in [5.74, 6) is -0.695. The maximum atomic E-state index is 13.1. The molecule has 0 saturated heterocycles.